The van der Waals surface area contributed by atoms with Gasteiger partial charge in [0.15, 0.2) is 0 Å². The van der Waals surface area contributed by atoms with Gasteiger partial charge < -0.3 is 15.8 Å². The van der Waals surface area contributed by atoms with Crippen molar-refractivity contribution in [3.8, 4) is 0 Å². The Morgan fingerprint density at radius 2 is 2.18 bits per heavy atom. The van der Waals surface area contributed by atoms with Crippen LogP contribution in [0.3, 0.4) is 0 Å². The molecule has 94 valence electrons. The van der Waals surface area contributed by atoms with Crippen LogP contribution in [0.2, 0.25) is 0 Å². The van der Waals surface area contributed by atoms with Crippen molar-refractivity contribution in [3.05, 3.63) is 11.9 Å². The molecule has 6 heteroatoms. The van der Waals surface area contributed by atoms with Crippen molar-refractivity contribution in [1.82, 2.24) is 9.97 Å². The Kier molecular flexibility index (Phi) is 3.75. The number of hydrazine groups is 1. The first-order valence-corrected chi connectivity index (χ1v) is 5.91. The summed E-state index contributed by atoms with van der Waals surface area (Å²) in [4.78, 5) is 8.40. The first-order chi connectivity index (χ1) is 8.17. The fourth-order valence-corrected chi connectivity index (χ4v) is 2.22. The molecule has 6 nitrogen and oxygen atoms in total. The number of nitrogens with zero attached hydrogens (tertiary/aromatic N) is 2. The molecular weight excluding hydrogens is 218 g/mol. The van der Waals surface area contributed by atoms with Crippen molar-refractivity contribution < 1.29 is 5.11 Å². The van der Waals surface area contributed by atoms with E-state index in [0.29, 0.717) is 17.6 Å². The van der Waals surface area contributed by atoms with Gasteiger partial charge in [0.25, 0.3) is 0 Å². The number of aromatic nitrogens is 2. The number of anilines is 2. The summed E-state index contributed by atoms with van der Waals surface area (Å²) in [7, 11) is 0. The second kappa shape index (κ2) is 5.29. The van der Waals surface area contributed by atoms with E-state index in [2.05, 4.69) is 20.7 Å². The number of hydrogen-bond donors (Lipinski definition) is 4. The third kappa shape index (κ3) is 3.28. The molecule has 0 radical (unpaired) electrons. The van der Waals surface area contributed by atoms with Crippen LogP contribution in [0.15, 0.2) is 6.07 Å². The highest BCUT2D eigenvalue weighted by Gasteiger charge is 2.22. The minimum Gasteiger partial charge on any atom is -0.393 e. The first-order valence-electron chi connectivity index (χ1n) is 5.91. The largest absolute Gasteiger partial charge is 0.393 e. The summed E-state index contributed by atoms with van der Waals surface area (Å²) >= 11 is 0. The number of aryl methyl sites for hydroxylation is 1. The minimum atomic E-state index is -0.129. The van der Waals surface area contributed by atoms with E-state index in [-0.39, 0.29) is 6.10 Å². The van der Waals surface area contributed by atoms with Crippen LogP contribution in [0.5, 0.6) is 0 Å². The first kappa shape index (κ1) is 12.1. The molecular formula is C11H19N5O. The van der Waals surface area contributed by atoms with E-state index >= 15 is 0 Å². The molecule has 2 rings (SSSR count). The third-order valence-corrected chi connectivity index (χ3v) is 3.07. The monoisotopic (exact) mass is 237 g/mol. The quantitative estimate of drug-likeness (QED) is 0.453. The van der Waals surface area contributed by atoms with Crippen molar-refractivity contribution in [2.75, 3.05) is 17.3 Å². The number of rotatable bonds is 4. The van der Waals surface area contributed by atoms with Gasteiger partial charge in [-0.3, -0.25) is 0 Å². The van der Waals surface area contributed by atoms with Gasteiger partial charge >= 0.3 is 0 Å². The zero-order valence-corrected chi connectivity index (χ0v) is 9.98. The van der Waals surface area contributed by atoms with E-state index in [1.165, 1.54) is 0 Å². The molecule has 1 heterocycles. The molecule has 0 saturated heterocycles. The highest BCUT2D eigenvalue weighted by Crippen LogP contribution is 2.25. The van der Waals surface area contributed by atoms with E-state index in [1.54, 1.807) is 6.07 Å². The van der Waals surface area contributed by atoms with Gasteiger partial charge in [-0.05, 0) is 32.1 Å². The van der Waals surface area contributed by atoms with Gasteiger partial charge in [-0.15, -0.1) is 0 Å². The molecule has 2 atom stereocenters. The van der Waals surface area contributed by atoms with Gasteiger partial charge in [0, 0.05) is 12.6 Å². The highest BCUT2D eigenvalue weighted by molar-refractivity contribution is 5.46. The van der Waals surface area contributed by atoms with E-state index in [0.717, 1.165) is 31.6 Å². The van der Waals surface area contributed by atoms with Gasteiger partial charge in [-0.2, -0.15) is 0 Å². The number of aliphatic hydroxyl groups excluding tert-OH is 1. The van der Waals surface area contributed by atoms with Crippen molar-refractivity contribution in [1.29, 1.82) is 0 Å². The Labute approximate surface area is 101 Å². The fourth-order valence-electron chi connectivity index (χ4n) is 2.22. The Bertz CT molecular complexity index is 384. The Balaban J connectivity index is 1.92. The molecule has 1 fully saturated rings. The van der Waals surface area contributed by atoms with Crippen LogP contribution in [0.25, 0.3) is 0 Å². The van der Waals surface area contributed by atoms with Crippen LogP contribution in [-0.2, 0) is 0 Å². The lowest BCUT2D eigenvalue weighted by Crippen LogP contribution is -2.15. The predicted molar refractivity (Wildman–Crippen MR) is 66.4 cm³/mol. The van der Waals surface area contributed by atoms with Crippen LogP contribution in [0, 0.1) is 12.8 Å². The summed E-state index contributed by atoms with van der Waals surface area (Å²) in [6, 6.07) is 1.78. The van der Waals surface area contributed by atoms with Crippen LogP contribution in [-0.4, -0.2) is 27.7 Å². The second-order valence-corrected chi connectivity index (χ2v) is 4.54. The van der Waals surface area contributed by atoms with E-state index in [4.69, 9.17) is 5.84 Å². The van der Waals surface area contributed by atoms with Crippen LogP contribution in [0.4, 0.5) is 11.6 Å². The molecule has 0 spiro atoms. The maximum Gasteiger partial charge on any atom is 0.145 e. The Morgan fingerprint density at radius 1 is 1.41 bits per heavy atom. The molecule has 1 aliphatic carbocycles. The molecule has 1 aliphatic rings. The van der Waals surface area contributed by atoms with Gasteiger partial charge in [0.05, 0.1) is 6.10 Å². The van der Waals surface area contributed by atoms with Gasteiger partial charge in [-0.25, -0.2) is 15.8 Å². The van der Waals surface area contributed by atoms with Gasteiger partial charge in [0.1, 0.15) is 17.5 Å². The molecule has 17 heavy (non-hydrogen) atoms. The summed E-state index contributed by atoms with van der Waals surface area (Å²) in [6.45, 7) is 2.66. The fraction of sp³-hybridized carbons (Fsp3) is 0.636. The van der Waals surface area contributed by atoms with Gasteiger partial charge in [-0.1, -0.05) is 0 Å². The molecule has 1 saturated carbocycles. The van der Waals surface area contributed by atoms with E-state index < -0.39 is 0 Å². The Morgan fingerprint density at radius 3 is 2.82 bits per heavy atom. The lowest BCUT2D eigenvalue weighted by Gasteiger charge is -2.12. The van der Waals surface area contributed by atoms with Crippen LogP contribution in [0.1, 0.15) is 25.1 Å². The molecule has 0 aromatic carbocycles. The molecule has 2 unspecified atom stereocenters. The summed E-state index contributed by atoms with van der Waals surface area (Å²) in [5.41, 5.74) is 2.51. The molecule has 0 amide bonds. The molecule has 0 aliphatic heterocycles. The van der Waals surface area contributed by atoms with Crippen LogP contribution < -0.4 is 16.6 Å². The number of hydrogen-bond acceptors (Lipinski definition) is 6. The zero-order chi connectivity index (χ0) is 12.3. The molecule has 1 aromatic heterocycles. The van der Waals surface area contributed by atoms with Crippen LogP contribution >= 0.6 is 0 Å². The maximum absolute atomic E-state index is 9.44. The normalized spacial score (nSPS) is 23.7. The number of nitrogen functional groups attached to an aromatic ring is 1. The minimum absolute atomic E-state index is 0.129. The summed E-state index contributed by atoms with van der Waals surface area (Å²) in [5.74, 6) is 7.89. The SMILES string of the molecule is Cc1nc(NN)cc(NCC2CCC(O)C2)n1. The van der Waals surface area contributed by atoms with Crippen molar-refractivity contribution in [2.45, 2.75) is 32.3 Å². The molecule has 5 N–H and O–H groups in total. The maximum atomic E-state index is 9.44. The smallest absolute Gasteiger partial charge is 0.145 e. The standard InChI is InChI=1S/C11H19N5O/c1-7-14-10(5-11(15-7)16-12)13-6-8-2-3-9(17)4-8/h5,8-9,17H,2-4,6,12H2,1H3,(H2,13,14,15,16). The topological polar surface area (TPSA) is 96.1 Å². The zero-order valence-electron chi connectivity index (χ0n) is 9.98. The lowest BCUT2D eigenvalue weighted by molar-refractivity contribution is 0.178. The lowest BCUT2D eigenvalue weighted by atomic mass is 10.1. The predicted octanol–water partition coefficient (Wildman–Crippen LogP) is 0.644. The Hall–Kier alpha value is -1.40. The van der Waals surface area contributed by atoms with E-state index in [9.17, 15) is 5.11 Å². The average Bonchev–Trinajstić information content (AvgIpc) is 2.72. The third-order valence-electron chi connectivity index (χ3n) is 3.07. The molecule has 1 aromatic rings. The van der Waals surface area contributed by atoms with E-state index in [1.807, 2.05) is 6.92 Å². The second-order valence-electron chi connectivity index (χ2n) is 4.54. The van der Waals surface area contributed by atoms with Crippen molar-refractivity contribution in [3.63, 3.8) is 0 Å². The molecule has 0 bridgehead atoms. The summed E-state index contributed by atoms with van der Waals surface area (Å²) in [6.07, 6.45) is 2.72. The average molecular weight is 237 g/mol. The number of nitrogens with two attached hydrogens (primary N) is 1. The highest BCUT2D eigenvalue weighted by atomic mass is 16.3. The summed E-state index contributed by atoms with van der Waals surface area (Å²) < 4.78 is 0. The number of nitrogens with one attached hydrogen (secondary N) is 2. The van der Waals surface area contributed by atoms with Crippen molar-refractivity contribution in [2.24, 2.45) is 11.8 Å². The van der Waals surface area contributed by atoms with Gasteiger partial charge in [0.2, 0.25) is 0 Å². The van der Waals surface area contributed by atoms with Crippen molar-refractivity contribution >= 4 is 11.6 Å². The summed E-state index contributed by atoms with van der Waals surface area (Å²) in [5, 5.41) is 12.7. The number of aliphatic hydroxyl groups is 1.